The second-order valence-corrected chi connectivity index (χ2v) is 7.96. The second-order valence-electron chi connectivity index (χ2n) is 5.94. The maximum Gasteiger partial charge on any atom is 0.270 e. The molecule has 0 saturated carbocycles. The molecule has 3 rings (SSSR count). The summed E-state index contributed by atoms with van der Waals surface area (Å²) in [6.45, 7) is 1.75. The summed E-state index contributed by atoms with van der Waals surface area (Å²) in [7, 11) is -3.28. The van der Waals surface area contributed by atoms with Crippen molar-refractivity contribution < 1.29 is 13.2 Å². The Kier molecular flexibility index (Phi) is 4.60. The van der Waals surface area contributed by atoms with Crippen LogP contribution in [0.1, 0.15) is 28.9 Å². The molecular formula is C18H17N3O4S. The van der Waals surface area contributed by atoms with E-state index < -0.39 is 27.3 Å². The van der Waals surface area contributed by atoms with E-state index in [0.717, 1.165) is 11.8 Å². The van der Waals surface area contributed by atoms with Crippen molar-refractivity contribution in [3.63, 3.8) is 0 Å². The van der Waals surface area contributed by atoms with Crippen molar-refractivity contribution in [2.24, 2.45) is 0 Å². The van der Waals surface area contributed by atoms with Gasteiger partial charge in [-0.3, -0.25) is 14.0 Å². The molecule has 0 radical (unpaired) electrons. The molecule has 0 fully saturated rings. The lowest BCUT2D eigenvalue weighted by Crippen LogP contribution is -2.33. The SMILES string of the molecule is C[C@@H](NC(=O)c1cnc2ccccn2c1=O)c1ccc(S(C)(=O)=O)cc1. The first-order valence-electron chi connectivity index (χ1n) is 7.84. The highest BCUT2D eigenvalue weighted by atomic mass is 32.2. The third-order valence-corrected chi connectivity index (χ3v) is 5.14. The number of nitrogens with zero attached hydrogens (tertiary/aromatic N) is 2. The van der Waals surface area contributed by atoms with Gasteiger partial charge >= 0.3 is 0 Å². The van der Waals surface area contributed by atoms with E-state index in [-0.39, 0.29) is 10.5 Å². The molecule has 8 heteroatoms. The Morgan fingerprint density at radius 1 is 1.15 bits per heavy atom. The Balaban J connectivity index is 1.84. The maximum atomic E-state index is 12.5. The van der Waals surface area contributed by atoms with E-state index in [1.54, 1.807) is 43.5 Å². The molecule has 7 nitrogen and oxygen atoms in total. The Hall–Kier alpha value is -3.00. The number of hydrogen-bond acceptors (Lipinski definition) is 5. The summed E-state index contributed by atoms with van der Waals surface area (Å²) in [5.41, 5.74) is 0.666. The average Bonchev–Trinajstić information content (AvgIpc) is 2.61. The number of carbonyl (C=O) groups is 1. The first-order chi connectivity index (χ1) is 12.3. The minimum atomic E-state index is -3.28. The molecule has 26 heavy (non-hydrogen) atoms. The zero-order valence-electron chi connectivity index (χ0n) is 14.2. The first-order valence-corrected chi connectivity index (χ1v) is 9.74. The number of benzene rings is 1. The number of rotatable bonds is 4. The fourth-order valence-corrected chi connectivity index (χ4v) is 3.17. The first kappa shape index (κ1) is 17.8. The number of nitrogens with one attached hydrogen (secondary N) is 1. The maximum absolute atomic E-state index is 12.5. The van der Waals surface area contributed by atoms with Crippen LogP contribution in [0.25, 0.3) is 5.65 Å². The van der Waals surface area contributed by atoms with E-state index in [2.05, 4.69) is 10.3 Å². The van der Waals surface area contributed by atoms with Crippen LogP contribution in [-0.4, -0.2) is 30.0 Å². The molecule has 0 spiro atoms. The Bertz CT molecular complexity index is 1140. The zero-order valence-corrected chi connectivity index (χ0v) is 15.0. The summed E-state index contributed by atoms with van der Waals surface area (Å²) >= 11 is 0. The van der Waals surface area contributed by atoms with Crippen molar-refractivity contribution in [1.29, 1.82) is 0 Å². The smallest absolute Gasteiger partial charge is 0.270 e. The Labute approximate surface area is 150 Å². The highest BCUT2D eigenvalue weighted by molar-refractivity contribution is 7.90. The van der Waals surface area contributed by atoms with Gasteiger partial charge < -0.3 is 5.32 Å². The van der Waals surface area contributed by atoms with Gasteiger partial charge in [0.15, 0.2) is 9.84 Å². The molecular weight excluding hydrogens is 354 g/mol. The van der Waals surface area contributed by atoms with Crippen LogP contribution >= 0.6 is 0 Å². The molecule has 0 aliphatic rings. The zero-order chi connectivity index (χ0) is 18.9. The second kappa shape index (κ2) is 6.72. The normalized spacial score (nSPS) is 12.7. The van der Waals surface area contributed by atoms with Crippen LogP contribution in [0.3, 0.4) is 0 Å². The topological polar surface area (TPSA) is 97.6 Å². The van der Waals surface area contributed by atoms with Crippen LogP contribution in [0, 0.1) is 0 Å². The number of fused-ring (bicyclic) bond motifs is 1. The summed E-state index contributed by atoms with van der Waals surface area (Å²) in [6.07, 6.45) is 3.94. The highest BCUT2D eigenvalue weighted by Crippen LogP contribution is 2.16. The third-order valence-electron chi connectivity index (χ3n) is 4.01. The van der Waals surface area contributed by atoms with Gasteiger partial charge in [-0.2, -0.15) is 0 Å². The Morgan fingerprint density at radius 2 is 1.85 bits per heavy atom. The van der Waals surface area contributed by atoms with Crippen molar-refractivity contribution >= 4 is 21.4 Å². The molecule has 0 bridgehead atoms. The van der Waals surface area contributed by atoms with Gasteiger partial charge in [-0.05, 0) is 36.8 Å². The van der Waals surface area contributed by atoms with E-state index >= 15 is 0 Å². The minimum Gasteiger partial charge on any atom is -0.345 e. The van der Waals surface area contributed by atoms with E-state index in [1.165, 1.54) is 22.7 Å². The number of sulfone groups is 1. The molecule has 1 amide bonds. The Morgan fingerprint density at radius 3 is 2.50 bits per heavy atom. The fraction of sp³-hybridized carbons (Fsp3) is 0.167. The number of hydrogen-bond donors (Lipinski definition) is 1. The molecule has 1 atom stereocenters. The van der Waals surface area contributed by atoms with Gasteiger partial charge in [-0.1, -0.05) is 18.2 Å². The number of pyridine rings is 1. The van der Waals surface area contributed by atoms with Crippen molar-refractivity contribution in [3.8, 4) is 0 Å². The van der Waals surface area contributed by atoms with Crippen LogP contribution in [0.4, 0.5) is 0 Å². The molecule has 1 N–H and O–H groups in total. The van der Waals surface area contributed by atoms with E-state index in [0.29, 0.717) is 5.65 Å². The summed E-state index contributed by atoms with van der Waals surface area (Å²) in [5.74, 6) is -0.541. The molecule has 0 unspecified atom stereocenters. The van der Waals surface area contributed by atoms with Gasteiger partial charge in [0.25, 0.3) is 11.5 Å². The molecule has 0 aliphatic carbocycles. The molecule has 2 aromatic heterocycles. The van der Waals surface area contributed by atoms with Crippen LogP contribution in [0.5, 0.6) is 0 Å². The van der Waals surface area contributed by atoms with Crippen LogP contribution in [-0.2, 0) is 9.84 Å². The van der Waals surface area contributed by atoms with Gasteiger partial charge in [0.05, 0.1) is 10.9 Å². The largest absolute Gasteiger partial charge is 0.345 e. The van der Waals surface area contributed by atoms with Gasteiger partial charge in [-0.25, -0.2) is 13.4 Å². The fourth-order valence-electron chi connectivity index (χ4n) is 2.54. The molecule has 3 aromatic rings. The quantitative estimate of drug-likeness (QED) is 0.751. The van der Waals surface area contributed by atoms with Gasteiger partial charge in [-0.15, -0.1) is 0 Å². The highest BCUT2D eigenvalue weighted by Gasteiger charge is 2.17. The molecule has 0 aliphatic heterocycles. The van der Waals surface area contributed by atoms with Crippen molar-refractivity contribution in [1.82, 2.24) is 14.7 Å². The lowest BCUT2D eigenvalue weighted by atomic mass is 10.1. The van der Waals surface area contributed by atoms with Crippen LogP contribution in [0.15, 0.2) is 64.5 Å². The van der Waals surface area contributed by atoms with Crippen molar-refractivity contribution in [2.75, 3.05) is 6.26 Å². The number of amides is 1. The monoisotopic (exact) mass is 371 g/mol. The van der Waals surface area contributed by atoms with E-state index in [9.17, 15) is 18.0 Å². The lowest BCUT2D eigenvalue weighted by molar-refractivity contribution is 0.0938. The van der Waals surface area contributed by atoms with Crippen molar-refractivity contribution in [3.05, 3.63) is 76.3 Å². The number of aromatic nitrogens is 2. The summed E-state index contributed by atoms with van der Waals surface area (Å²) in [4.78, 5) is 29.2. The minimum absolute atomic E-state index is 0.0618. The number of carbonyl (C=O) groups excluding carboxylic acids is 1. The van der Waals surface area contributed by atoms with E-state index in [4.69, 9.17) is 0 Å². The van der Waals surface area contributed by atoms with Gasteiger partial charge in [0, 0.05) is 18.6 Å². The van der Waals surface area contributed by atoms with Crippen LogP contribution in [0.2, 0.25) is 0 Å². The predicted molar refractivity (Wildman–Crippen MR) is 96.9 cm³/mol. The average molecular weight is 371 g/mol. The summed E-state index contributed by atoms with van der Waals surface area (Å²) in [6, 6.07) is 10.9. The summed E-state index contributed by atoms with van der Waals surface area (Å²) < 4.78 is 24.3. The molecule has 1 aromatic carbocycles. The lowest BCUT2D eigenvalue weighted by Gasteiger charge is -2.14. The predicted octanol–water partition coefficient (Wildman–Crippen LogP) is 1.59. The van der Waals surface area contributed by atoms with Gasteiger partial charge in [0.2, 0.25) is 0 Å². The standard InChI is InChI=1S/C18H17N3O4S/c1-12(13-6-8-14(9-7-13)26(2,24)25)20-17(22)15-11-19-16-5-3-4-10-21(16)18(15)23/h3-12H,1-2H3,(H,20,22)/t12-/m1/s1. The van der Waals surface area contributed by atoms with E-state index in [1.807, 2.05) is 0 Å². The third kappa shape index (κ3) is 3.50. The molecule has 134 valence electrons. The van der Waals surface area contributed by atoms with Crippen LogP contribution < -0.4 is 10.9 Å². The summed E-state index contributed by atoms with van der Waals surface area (Å²) in [5, 5.41) is 2.73. The van der Waals surface area contributed by atoms with Gasteiger partial charge in [0.1, 0.15) is 11.2 Å². The van der Waals surface area contributed by atoms with Crippen molar-refractivity contribution in [2.45, 2.75) is 17.9 Å². The molecule has 2 heterocycles. The molecule has 0 saturated heterocycles.